The zero-order valence-electron chi connectivity index (χ0n) is 21.0. The Kier molecular flexibility index (Phi) is 3.56. The molecular weight excluding hydrogens is 468 g/mol. The van der Waals surface area contributed by atoms with Gasteiger partial charge in [-0.05, 0) is 60.4 Å². The van der Waals surface area contributed by atoms with Crippen LogP contribution < -0.4 is 9.42 Å². The van der Waals surface area contributed by atoms with Crippen LogP contribution in [0.4, 0.5) is 0 Å². The monoisotopic (exact) mass is 491 g/mol. The number of rotatable bonds is 2. The molecule has 3 aliphatic rings. The number of aryl methyl sites for hydroxylation is 2. The summed E-state index contributed by atoms with van der Waals surface area (Å²) < 4.78 is 13.2. The summed E-state index contributed by atoms with van der Waals surface area (Å²) >= 11 is 0. The van der Waals surface area contributed by atoms with Gasteiger partial charge in [-0.1, -0.05) is 65.3 Å². The van der Waals surface area contributed by atoms with Crippen molar-refractivity contribution in [1.82, 2.24) is 14.5 Å². The molecule has 5 heterocycles. The second-order valence-corrected chi connectivity index (χ2v) is 10.5. The van der Waals surface area contributed by atoms with Crippen molar-refractivity contribution in [3.8, 4) is 50.8 Å². The molecule has 0 fully saturated rings. The smallest absolute Gasteiger partial charge is 0.348 e. The standard InChI is InChI=1S/C33H23N4O/c1-20-17-23(22-9-4-3-5-10-22)18-21(2)30(20)25-19-27-24-11-6-13-28-31(24)33(37(27)34-25)32-26(12-7-14-29(32)38-28)35-15-8-16-36(33)35/h3-19H,1-2H3/q+1. The second-order valence-electron chi connectivity index (χ2n) is 10.5. The van der Waals surface area contributed by atoms with Crippen molar-refractivity contribution < 1.29 is 9.42 Å². The van der Waals surface area contributed by atoms with Crippen LogP contribution in [0.2, 0.25) is 0 Å². The summed E-state index contributed by atoms with van der Waals surface area (Å²) in [7, 11) is 0. The SMILES string of the molecule is Cc1cc(-c2ccccc2)cc(C)c1-c1cc2n(n1)C13c4c(cccc4-2)Oc2cccc(c21)-n1ccc[n+]13. The lowest BCUT2D eigenvalue weighted by Crippen LogP contribution is -2.61. The highest BCUT2D eigenvalue weighted by Gasteiger charge is 2.66. The van der Waals surface area contributed by atoms with E-state index in [1.54, 1.807) is 0 Å². The van der Waals surface area contributed by atoms with Crippen molar-refractivity contribution >= 4 is 0 Å². The van der Waals surface area contributed by atoms with E-state index < -0.39 is 5.66 Å². The Morgan fingerprint density at radius 3 is 2.34 bits per heavy atom. The Balaban J connectivity index is 1.33. The maximum absolute atomic E-state index is 6.50. The number of nitrogens with zero attached hydrogens (tertiary/aromatic N) is 4. The van der Waals surface area contributed by atoms with Gasteiger partial charge in [-0.2, -0.15) is 9.78 Å². The predicted molar refractivity (Wildman–Crippen MR) is 146 cm³/mol. The van der Waals surface area contributed by atoms with Gasteiger partial charge in [-0.3, -0.25) is 0 Å². The summed E-state index contributed by atoms with van der Waals surface area (Å²) in [6.07, 6.45) is 4.27. The van der Waals surface area contributed by atoms with Crippen molar-refractivity contribution in [2.45, 2.75) is 19.5 Å². The van der Waals surface area contributed by atoms with Gasteiger partial charge < -0.3 is 4.74 Å². The van der Waals surface area contributed by atoms with Crippen LogP contribution in [0.1, 0.15) is 22.3 Å². The minimum atomic E-state index is -0.626. The van der Waals surface area contributed by atoms with Crippen LogP contribution in [0.25, 0.3) is 39.3 Å². The van der Waals surface area contributed by atoms with Crippen molar-refractivity contribution in [2.75, 3.05) is 0 Å². The number of benzene rings is 4. The number of hydrogen-bond donors (Lipinski definition) is 0. The van der Waals surface area contributed by atoms with Crippen LogP contribution in [0.5, 0.6) is 11.5 Å². The largest absolute Gasteiger partial charge is 0.456 e. The molecule has 0 N–H and O–H groups in total. The summed E-state index contributed by atoms with van der Waals surface area (Å²) in [5.41, 5.74) is 12.2. The van der Waals surface area contributed by atoms with Gasteiger partial charge in [0.05, 0.1) is 17.6 Å². The van der Waals surface area contributed by atoms with Gasteiger partial charge in [0.1, 0.15) is 28.3 Å². The van der Waals surface area contributed by atoms with E-state index in [1.807, 2.05) is 0 Å². The topological polar surface area (TPSA) is 35.9 Å². The van der Waals surface area contributed by atoms with Gasteiger partial charge in [0, 0.05) is 17.2 Å². The molecule has 0 saturated carbocycles. The molecule has 0 bridgehead atoms. The molecule has 38 heavy (non-hydrogen) atoms. The van der Waals surface area contributed by atoms with Crippen LogP contribution in [0.3, 0.4) is 0 Å². The summed E-state index contributed by atoms with van der Waals surface area (Å²) in [5.74, 6) is 1.77. The zero-order valence-corrected chi connectivity index (χ0v) is 21.0. The predicted octanol–water partition coefficient (Wildman–Crippen LogP) is 6.61. The van der Waals surface area contributed by atoms with Crippen LogP contribution >= 0.6 is 0 Å². The van der Waals surface area contributed by atoms with Gasteiger partial charge >= 0.3 is 5.66 Å². The van der Waals surface area contributed by atoms with Gasteiger partial charge in [-0.15, -0.1) is 4.68 Å². The zero-order chi connectivity index (χ0) is 25.2. The summed E-state index contributed by atoms with van der Waals surface area (Å²) in [6, 6.07) is 32.2. The van der Waals surface area contributed by atoms with E-state index in [4.69, 9.17) is 9.84 Å². The maximum atomic E-state index is 6.50. The Bertz CT molecular complexity index is 1960. The third-order valence-electron chi connectivity index (χ3n) is 8.40. The van der Waals surface area contributed by atoms with Crippen molar-refractivity contribution in [3.63, 3.8) is 0 Å². The summed E-state index contributed by atoms with van der Waals surface area (Å²) in [4.78, 5) is 0. The highest BCUT2D eigenvalue weighted by Crippen LogP contribution is 2.58. The highest BCUT2D eigenvalue weighted by molar-refractivity contribution is 5.84. The average Bonchev–Trinajstić information content (AvgIpc) is 3.69. The molecule has 0 aliphatic carbocycles. The van der Waals surface area contributed by atoms with E-state index in [0.717, 1.165) is 39.7 Å². The first-order valence-corrected chi connectivity index (χ1v) is 13.0. The van der Waals surface area contributed by atoms with Gasteiger partial charge in [0.2, 0.25) is 0 Å². The molecule has 180 valence electrons. The van der Waals surface area contributed by atoms with Crippen molar-refractivity contribution in [3.05, 3.63) is 126 Å². The molecule has 1 spiro atoms. The molecule has 4 aromatic carbocycles. The molecule has 9 rings (SSSR count). The molecule has 6 aromatic rings. The van der Waals surface area contributed by atoms with Gasteiger partial charge in [-0.25, -0.2) is 0 Å². The summed E-state index contributed by atoms with van der Waals surface area (Å²) in [5, 5.41) is 5.41. The maximum Gasteiger partial charge on any atom is 0.348 e. The normalized spacial score (nSPS) is 17.0. The van der Waals surface area contributed by atoms with Gasteiger partial charge in [0.25, 0.3) is 0 Å². The molecule has 2 aromatic heterocycles. The van der Waals surface area contributed by atoms with E-state index in [-0.39, 0.29) is 0 Å². The van der Waals surface area contributed by atoms with Crippen molar-refractivity contribution in [1.29, 1.82) is 0 Å². The quantitative estimate of drug-likeness (QED) is 0.255. The number of fused-ring (bicyclic) bond motifs is 4. The Morgan fingerprint density at radius 1 is 0.763 bits per heavy atom. The second kappa shape index (κ2) is 6.69. The molecule has 0 radical (unpaired) electrons. The fraction of sp³-hybridized carbons (Fsp3) is 0.0909. The van der Waals surface area contributed by atoms with Crippen LogP contribution in [0, 0.1) is 13.8 Å². The minimum absolute atomic E-state index is 0.626. The number of ether oxygens (including phenoxy) is 1. The molecule has 0 saturated heterocycles. The first-order chi connectivity index (χ1) is 18.7. The first-order valence-electron chi connectivity index (χ1n) is 13.0. The number of aromatic nitrogens is 4. The van der Waals surface area contributed by atoms with E-state index in [2.05, 4.69) is 131 Å². The highest BCUT2D eigenvalue weighted by atomic mass is 16.5. The van der Waals surface area contributed by atoms with Crippen LogP contribution in [-0.4, -0.2) is 14.5 Å². The molecule has 5 nitrogen and oxygen atoms in total. The lowest BCUT2D eigenvalue weighted by atomic mass is 9.87. The molecular formula is C33H23N4O+. The Hall–Kier alpha value is -4.90. The van der Waals surface area contributed by atoms with Crippen LogP contribution in [0.15, 0.2) is 103 Å². The fourth-order valence-electron chi connectivity index (χ4n) is 7.03. The van der Waals surface area contributed by atoms with E-state index in [1.165, 1.54) is 33.4 Å². The molecule has 5 heteroatoms. The fourth-order valence-corrected chi connectivity index (χ4v) is 7.03. The van der Waals surface area contributed by atoms with E-state index >= 15 is 0 Å². The van der Waals surface area contributed by atoms with Crippen molar-refractivity contribution in [2.24, 2.45) is 0 Å². The molecule has 3 aliphatic heterocycles. The van der Waals surface area contributed by atoms with Crippen LogP contribution in [-0.2, 0) is 5.66 Å². The lowest BCUT2D eigenvalue weighted by molar-refractivity contribution is -0.806. The molecule has 1 atom stereocenters. The van der Waals surface area contributed by atoms with E-state index in [0.29, 0.717) is 0 Å². The molecule has 0 amide bonds. The third kappa shape index (κ3) is 2.20. The Morgan fingerprint density at radius 2 is 1.53 bits per heavy atom. The first kappa shape index (κ1) is 20.2. The molecule has 1 unspecified atom stereocenters. The number of hydrogen-bond acceptors (Lipinski definition) is 2. The van der Waals surface area contributed by atoms with Gasteiger partial charge in [0.15, 0.2) is 6.20 Å². The summed E-state index contributed by atoms with van der Waals surface area (Å²) in [6.45, 7) is 4.39. The lowest BCUT2D eigenvalue weighted by Gasteiger charge is -2.28. The minimum Gasteiger partial charge on any atom is -0.456 e. The average molecular weight is 492 g/mol. The Labute approximate surface area is 219 Å². The third-order valence-corrected chi connectivity index (χ3v) is 8.40. The van der Waals surface area contributed by atoms with E-state index in [9.17, 15) is 0 Å².